The van der Waals surface area contributed by atoms with Gasteiger partial charge in [-0.05, 0) is 130 Å². The van der Waals surface area contributed by atoms with Crippen molar-refractivity contribution in [2.24, 2.45) is 0 Å². The second kappa shape index (κ2) is 17.5. The van der Waals surface area contributed by atoms with E-state index in [4.69, 9.17) is 0 Å². The molecule has 4 heterocycles. The lowest BCUT2D eigenvalue weighted by atomic mass is 10.1. The lowest BCUT2D eigenvalue weighted by Gasteiger charge is -2.14. The van der Waals surface area contributed by atoms with Gasteiger partial charge in [0.1, 0.15) is 6.04 Å². The van der Waals surface area contributed by atoms with Crippen molar-refractivity contribution >= 4 is 17.8 Å². The first-order valence-electron chi connectivity index (χ1n) is 15.8. The number of nitrogens with one attached hydrogen (secondary N) is 2. The summed E-state index contributed by atoms with van der Waals surface area (Å²) in [4.78, 5) is 54.2. The van der Waals surface area contributed by atoms with E-state index in [0.29, 0.717) is 51.5 Å². The number of pyridine rings is 4. The number of carbonyl (C=O) groups excluding carboxylic acids is 2. The molecule has 0 aliphatic rings. The highest BCUT2D eigenvalue weighted by atomic mass is 16.4. The molecule has 10 nitrogen and oxygen atoms in total. The molecule has 10 heteroatoms. The number of carboxylic acid groups (broad SMARTS) is 1. The molecule has 1 unspecified atom stereocenters. The average molecular weight is 623 g/mol. The molecule has 3 N–H and O–H groups in total. The SMILES string of the molecule is Cc1ccnc(-c2cc(CCCC(=O)NCCCCC(NC(=O)CCCc3ccnc(-c4cc(C)ccn4)c3)C(=O)O)ccn2)c1. The van der Waals surface area contributed by atoms with Crippen LogP contribution in [0.25, 0.3) is 22.8 Å². The van der Waals surface area contributed by atoms with Crippen molar-refractivity contribution < 1.29 is 19.5 Å². The third-order valence-corrected chi connectivity index (χ3v) is 7.62. The molecule has 4 rings (SSSR count). The molecule has 240 valence electrons. The van der Waals surface area contributed by atoms with Gasteiger partial charge in [0.15, 0.2) is 0 Å². The maximum absolute atomic E-state index is 12.5. The fraction of sp³-hybridized carbons (Fsp3) is 0.361. The molecule has 4 aromatic rings. The second-order valence-electron chi connectivity index (χ2n) is 11.5. The van der Waals surface area contributed by atoms with E-state index in [1.54, 1.807) is 24.8 Å². The number of carbonyl (C=O) groups is 3. The summed E-state index contributed by atoms with van der Waals surface area (Å²) in [6.07, 6.45) is 11.9. The van der Waals surface area contributed by atoms with Gasteiger partial charge in [-0.15, -0.1) is 0 Å². The first kappa shape index (κ1) is 33.9. The Hall–Kier alpha value is -4.99. The molecule has 4 aromatic heterocycles. The molecule has 0 aliphatic heterocycles. The topological polar surface area (TPSA) is 147 Å². The molecular formula is C36H42N6O4. The molecule has 0 fully saturated rings. The van der Waals surface area contributed by atoms with Crippen molar-refractivity contribution in [1.82, 2.24) is 30.6 Å². The zero-order valence-electron chi connectivity index (χ0n) is 26.5. The minimum Gasteiger partial charge on any atom is -0.480 e. The maximum atomic E-state index is 12.5. The third-order valence-electron chi connectivity index (χ3n) is 7.62. The van der Waals surface area contributed by atoms with Gasteiger partial charge >= 0.3 is 5.97 Å². The van der Waals surface area contributed by atoms with Crippen molar-refractivity contribution in [3.05, 3.63) is 95.6 Å². The molecule has 0 aromatic carbocycles. The second-order valence-corrected chi connectivity index (χ2v) is 11.5. The van der Waals surface area contributed by atoms with Crippen molar-refractivity contribution in [3.63, 3.8) is 0 Å². The van der Waals surface area contributed by atoms with Crippen LogP contribution >= 0.6 is 0 Å². The van der Waals surface area contributed by atoms with Crippen LogP contribution in [0.15, 0.2) is 73.3 Å². The summed E-state index contributed by atoms with van der Waals surface area (Å²) in [6, 6.07) is 14.8. The Kier molecular flexibility index (Phi) is 12.9. The molecule has 0 radical (unpaired) electrons. The highest BCUT2D eigenvalue weighted by molar-refractivity contribution is 5.83. The van der Waals surface area contributed by atoms with Gasteiger partial charge in [0.05, 0.1) is 22.8 Å². The van der Waals surface area contributed by atoms with E-state index < -0.39 is 12.0 Å². The Balaban J connectivity index is 1.09. The summed E-state index contributed by atoms with van der Waals surface area (Å²) >= 11 is 0. The lowest BCUT2D eigenvalue weighted by molar-refractivity contribution is -0.142. The Bertz CT molecular complexity index is 1630. The van der Waals surface area contributed by atoms with E-state index >= 15 is 0 Å². The van der Waals surface area contributed by atoms with Gasteiger partial charge in [-0.2, -0.15) is 0 Å². The van der Waals surface area contributed by atoms with Crippen LogP contribution < -0.4 is 10.6 Å². The van der Waals surface area contributed by atoms with Crippen LogP contribution in [0.2, 0.25) is 0 Å². The van der Waals surface area contributed by atoms with Gasteiger partial charge in [0.25, 0.3) is 0 Å². The predicted molar refractivity (Wildman–Crippen MR) is 177 cm³/mol. The number of unbranched alkanes of at least 4 members (excludes halogenated alkanes) is 1. The Morgan fingerprint density at radius 3 is 1.63 bits per heavy atom. The first-order chi connectivity index (χ1) is 22.3. The summed E-state index contributed by atoms with van der Waals surface area (Å²) in [6.45, 7) is 4.48. The molecule has 1 atom stereocenters. The van der Waals surface area contributed by atoms with Crippen molar-refractivity contribution in [2.75, 3.05) is 6.54 Å². The van der Waals surface area contributed by atoms with Crippen LogP contribution in [-0.2, 0) is 27.2 Å². The van der Waals surface area contributed by atoms with Crippen LogP contribution in [0.3, 0.4) is 0 Å². The van der Waals surface area contributed by atoms with E-state index in [9.17, 15) is 19.5 Å². The number of rotatable bonds is 17. The lowest BCUT2D eigenvalue weighted by Crippen LogP contribution is -2.40. The Morgan fingerprint density at radius 1 is 0.652 bits per heavy atom. The zero-order chi connectivity index (χ0) is 32.7. The maximum Gasteiger partial charge on any atom is 0.326 e. The molecule has 46 heavy (non-hydrogen) atoms. The monoisotopic (exact) mass is 622 g/mol. The largest absolute Gasteiger partial charge is 0.480 e. The Labute approximate surface area is 270 Å². The average Bonchev–Trinajstić information content (AvgIpc) is 3.04. The van der Waals surface area contributed by atoms with Crippen LogP contribution in [0, 0.1) is 13.8 Å². The minimum absolute atomic E-state index is 0.0332. The van der Waals surface area contributed by atoms with Gasteiger partial charge in [-0.1, -0.05) is 0 Å². The normalized spacial score (nSPS) is 11.5. The standard InChI is InChI=1S/C36H42N6O4/c1-25-12-17-37-30(21-25)32-23-27(14-19-39-32)7-5-10-34(43)41-16-4-3-9-29(36(45)46)42-35(44)11-6-8-28-15-20-40-33(24-28)31-22-26(2)13-18-38-31/h12-15,17-24,29H,3-11,16H2,1-2H3,(H,41,43)(H,42,44)(H,45,46). The molecule has 0 aliphatic carbocycles. The van der Waals surface area contributed by atoms with Gasteiger partial charge in [-0.3, -0.25) is 29.5 Å². The highest BCUT2D eigenvalue weighted by Crippen LogP contribution is 2.19. The van der Waals surface area contributed by atoms with E-state index in [-0.39, 0.29) is 18.2 Å². The highest BCUT2D eigenvalue weighted by Gasteiger charge is 2.19. The van der Waals surface area contributed by atoms with E-state index in [1.807, 2.05) is 62.4 Å². The first-order valence-corrected chi connectivity index (χ1v) is 15.8. The number of carboxylic acids is 1. The number of aliphatic carboxylic acids is 1. The summed E-state index contributed by atoms with van der Waals surface area (Å²) in [5.41, 5.74) is 7.60. The fourth-order valence-corrected chi connectivity index (χ4v) is 5.11. The fourth-order valence-electron chi connectivity index (χ4n) is 5.11. The molecule has 0 bridgehead atoms. The number of hydrogen-bond acceptors (Lipinski definition) is 7. The van der Waals surface area contributed by atoms with Gasteiger partial charge in [0, 0.05) is 44.2 Å². The minimum atomic E-state index is -1.06. The number of amides is 2. The summed E-state index contributed by atoms with van der Waals surface area (Å²) in [5, 5.41) is 15.2. The van der Waals surface area contributed by atoms with Crippen molar-refractivity contribution in [2.45, 2.75) is 77.7 Å². The molecule has 0 saturated carbocycles. The van der Waals surface area contributed by atoms with Gasteiger partial charge in [0.2, 0.25) is 11.8 Å². The number of aryl methyl sites for hydroxylation is 4. The summed E-state index contributed by atoms with van der Waals surface area (Å²) < 4.78 is 0. The van der Waals surface area contributed by atoms with Crippen LogP contribution in [0.5, 0.6) is 0 Å². The smallest absolute Gasteiger partial charge is 0.326 e. The number of aromatic nitrogens is 4. The van der Waals surface area contributed by atoms with E-state index in [2.05, 4.69) is 30.6 Å². The van der Waals surface area contributed by atoms with E-state index in [1.165, 1.54) is 0 Å². The number of nitrogens with zero attached hydrogens (tertiary/aromatic N) is 4. The van der Waals surface area contributed by atoms with Crippen LogP contribution in [0.4, 0.5) is 0 Å². The van der Waals surface area contributed by atoms with Crippen molar-refractivity contribution in [3.8, 4) is 22.8 Å². The summed E-state index contributed by atoms with van der Waals surface area (Å²) in [5.74, 6) is -1.37. The van der Waals surface area contributed by atoms with Gasteiger partial charge in [-0.25, -0.2) is 4.79 Å². The van der Waals surface area contributed by atoms with Crippen LogP contribution in [0.1, 0.15) is 67.2 Å². The quantitative estimate of drug-likeness (QED) is 0.132. The zero-order valence-corrected chi connectivity index (χ0v) is 26.5. The van der Waals surface area contributed by atoms with Crippen molar-refractivity contribution in [1.29, 1.82) is 0 Å². The van der Waals surface area contributed by atoms with E-state index in [0.717, 1.165) is 51.5 Å². The Morgan fingerprint density at radius 2 is 1.13 bits per heavy atom. The third kappa shape index (κ3) is 11.2. The summed E-state index contributed by atoms with van der Waals surface area (Å²) in [7, 11) is 0. The molecular weight excluding hydrogens is 580 g/mol. The predicted octanol–water partition coefficient (Wildman–Crippen LogP) is 5.42. The number of hydrogen-bond donors (Lipinski definition) is 3. The molecule has 2 amide bonds. The van der Waals surface area contributed by atoms with Gasteiger partial charge < -0.3 is 15.7 Å². The molecule has 0 saturated heterocycles. The molecule has 0 spiro atoms. The van der Waals surface area contributed by atoms with Crippen LogP contribution in [-0.4, -0.2) is 55.4 Å².